The number of halogens is 1. The van der Waals surface area contributed by atoms with Gasteiger partial charge in [0, 0.05) is 7.05 Å². The molecule has 0 aromatic heterocycles. The minimum atomic E-state index is -0.297. The molecule has 1 heterocycles. The summed E-state index contributed by atoms with van der Waals surface area (Å²) in [6, 6.07) is 3.58. The van der Waals surface area contributed by atoms with E-state index in [4.69, 9.17) is 9.47 Å². The third-order valence-electron chi connectivity index (χ3n) is 2.82. The van der Waals surface area contributed by atoms with Crippen LogP contribution in [0.5, 0.6) is 11.5 Å². The number of hydrogen-bond donors (Lipinski definition) is 0. The van der Waals surface area contributed by atoms with Gasteiger partial charge in [0.25, 0.3) is 11.1 Å². The minimum absolute atomic E-state index is 0.275. The molecule has 2 rings (SSSR count). The first-order valence-corrected chi connectivity index (χ1v) is 7.80. The van der Waals surface area contributed by atoms with Crippen LogP contribution in [-0.4, -0.2) is 36.8 Å². The number of benzene rings is 1. The largest absolute Gasteiger partial charge is 0.493 e. The van der Waals surface area contributed by atoms with Crippen molar-refractivity contribution in [3.63, 3.8) is 0 Å². The zero-order valence-electron chi connectivity index (χ0n) is 11.8. The molecule has 0 aliphatic carbocycles. The summed E-state index contributed by atoms with van der Waals surface area (Å²) in [6.07, 6.45) is 1.66. The molecule has 21 heavy (non-hydrogen) atoms. The molecule has 1 aromatic rings. The van der Waals surface area contributed by atoms with Gasteiger partial charge in [0.1, 0.15) is 0 Å². The number of nitrogens with zero attached hydrogens (tertiary/aromatic N) is 1. The molecular formula is C14H14BrNO4S. The van der Waals surface area contributed by atoms with Gasteiger partial charge in [-0.05, 0) is 58.4 Å². The molecule has 5 nitrogen and oxygen atoms in total. The Labute approximate surface area is 135 Å². The van der Waals surface area contributed by atoms with Gasteiger partial charge >= 0.3 is 0 Å². The summed E-state index contributed by atoms with van der Waals surface area (Å²) in [5.74, 6) is 0.878. The third-order valence-corrected chi connectivity index (χ3v) is 4.37. The average Bonchev–Trinajstić information content (AvgIpc) is 2.69. The van der Waals surface area contributed by atoms with E-state index in [0.717, 1.165) is 26.7 Å². The number of rotatable bonds is 4. The highest BCUT2D eigenvalue weighted by Gasteiger charge is 2.31. The van der Waals surface area contributed by atoms with Crippen LogP contribution in [-0.2, 0) is 4.79 Å². The summed E-state index contributed by atoms with van der Waals surface area (Å²) >= 11 is 4.35. The molecule has 1 aliphatic rings. The van der Waals surface area contributed by atoms with E-state index in [-0.39, 0.29) is 11.1 Å². The van der Waals surface area contributed by atoms with E-state index in [9.17, 15) is 9.59 Å². The van der Waals surface area contributed by atoms with E-state index < -0.39 is 0 Å². The maximum atomic E-state index is 11.9. The SMILES string of the molecule is CCOc1c(Br)cc(/C=C2\SC(=O)N(C)C2=O)cc1OC. The van der Waals surface area contributed by atoms with Crippen LogP contribution >= 0.6 is 27.7 Å². The molecule has 0 saturated carbocycles. The van der Waals surface area contributed by atoms with Crippen molar-refractivity contribution in [3.05, 3.63) is 27.1 Å². The van der Waals surface area contributed by atoms with Gasteiger partial charge in [-0.1, -0.05) is 0 Å². The quantitative estimate of drug-likeness (QED) is 0.757. The Morgan fingerprint density at radius 3 is 2.62 bits per heavy atom. The van der Waals surface area contributed by atoms with Crippen LogP contribution in [0.4, 0.5) is 4.79 Å². The number of imide groups is 1. The Balaban J connectivity index is 2.40. The lowest BCUT2D eigenvalue weighted by molar-refractivity contribution is -0.121. The van der Waals surface area contributed by atoms with Crippen molar-refractivity contribution in [1.82, 2.24) is 4.90 Å². The lowest BCUT2D eigenvalue weighted by atomic mass is 10.2. The van der Waals surface area contributed by atoms with Crippen molar-refractivity contribution < 1.29 is 19.1 Å². The fraction of sp³-hybridized carbons (Fsp3) is 0.286. The molecule has 0 N–H and O–H groups in total. The smallest absolute Gasteiger partial charge is 0.293 e. The van der Waals surface area contributed by atoms with Crippen LogP contribution in [0.25, 0.3) is 6.08 Å². The molecule has 0 bridgehead atoms. The van der Waals surface area contributed by atoms with Crippen LogP contribution in [0.15, 0.2) is 21.5 Å². The van der Waals surface area contributed by atoms with Gasteiger partial charge < -0.3 is 9.47 Å². The average molecular weight is 372 g/mol. The maximum absolute atomic E-state index is 11.9. The van der Waals surface area contributed by atoms with E-state index in [0.29, 0.717) is 23.0 Å². The van der Waals surface area contributed by atoms with E-state index in [1.165, 1.54) is 7.05 Å². The second-order valence-corrected chi connectivity index (χ2v) is 6.06. The van der Waals surface area contributed by atoms with Crippen molar-refractivity contribution >= 4 is 44.9 Å². The first kappa shape index (κ1) is 15.9. The number of hydrogen-bond acceptors (Lipinski definition) is 5. The van der Waals surface area contributed by atoms with Gasteiger partial charge in [0.2, 0.25) is 0 Å². The van der Waals surface area contributed by atoms with Crippen LogP contribution in [0.2, 0.25) is 0 Å². The topological polar surface area (TPSA) is 55.8 Å². The summed E-state index contributed by atoms with van der Waals surface area (Å²) in [5.41, 5.74) is 0.751. The maximum Gasteiger partial charge on any atom is 0.293 e. The number of methoxy groups -OCH3 is 1. The highest BCUT2D eigenvalue weighted by Crippen LogP contribution is 2.38. The molecule has 0 atom stereocenters. The minimum Gasteiger partial charge on any atom is -0.493 e. The van der Waals surface area contributed by atoms with Crippen molar-refractivity contribution in [1.29, 1.82) is 0 Å². The normalized spacial score (nSPS) is 16.8. The number of amides is 2. The molecule has 0 radical (unpaired) electrons. The standard InChI is InChI=1S/C14H14BrNO4S/c1-4-20-12-9(15)5-8(6-10(12)19-3)7-11-13(17)16(2)14(18)21-11/h5-7H,4H2,1-3H3/b11-7-. The molecule has 1 saturated heterocycles. The third kappa shape index (κ3) is 3.24. The molecule has 2 amide bonds. The van der Waals surface area contributed by atoms with Gasteiger partial charge in [-0.3, -0.25) is 14.5 Å². The molecule has 0 spiro atoms. The van der Waals surface area contributed by atoms with Gasteiger partial charge in [-0.25, -0.2) is 0 Å². The van der Waals surface area contributed by atoms with Crippen molar-refractivity contribution in [2.75, 3.05) is 20.8 Å². The monoisotopic (exact) mass is 371 g/mol. The fourth-order valence-electron chi connectivity index (χ4n) is 1.80. The summed E-state index contributed by atoms with van der Waals surface area (Å²) in [4.78, 5) is 24.8. The lowest BCUT2D eigenvalue weighted by Crippen LogP contribution is -2.22. The van der Waals surface area contributed by atoms with Gasteiger partial charge in [0.15, 0.2) is 11.5 Å². The zero-order chi connectivity index (χ0) is 15.6. The molecule has 1 aliphatic heterocycles. The fourth-order valence-corrected chi connectivity index (χ4v) is 3.21. The van der Waals surface area contributed by atoms with E-state index in [1.807, 2.05) is 13.0 Å². The predicted octanol–water partition coefficient (Wildman–Crippen LogP) is 3.52. The number of carbonyl (C=O) groups excluding carboxylic acids is 2. The molecule has 0 unspecified atom stereocenters. The summed E-state index contributed by atoms with van der Waals surface area (Å²) in [7, 11) is 3.02. The first-order valence-electron chi connectivity index (χ1n) is 6.19. The Hall–Kier alpha value is -1.47. The highest BCUT2D eigenvalue weighted by atomic mass is 79.9. The van der Waals surface area contributed by atoms with Gasteiger partial charge in [-0.15, -0.1) is 0 Å². The second kappa shape index (κ2) is 6.53. The lowest BCUT2D eigenvalue weighted by Gasteiger charge is -2.12. The Kier molecular flexibility index (Phi) is 4.95. The molecule has 112 valence electrons. The summed E-state index contributed by atoms with van der Waals surface area (Å²) in [6.45, 7) is 2.40. The Morgan fingerprint density at radius 1 is 1.38 bits per heavy atom. The summed E-state index contributed by atoms with van der Waals surface area (Å²) < 4.78 is 11.5. The van der Waals surface area contributed by atoms with Crippen molar-refractivity contribution in [2.24, 2.45) is 0 Å². The van der Waals surface area contributed by atoms with Crippen LogP contribution < -0.4 is 9.47 Å². The molecule has 1 fully saturated rings. The zero-order valence-corrected chi connectivity index (χ0v) is 14.2. The number of likely N-dealkylation sites (N-methyl/N-ethyl adjacent to an activating group) is 1. The first-order chi connectivity index (χ1) is 9.97. The number of ether oxygens (including phenoxy) is 2. The second-order valence-electron chi connectivity index (χ2n) is 4.21. The van der Waals surface area contributed by atoms with Crippen LogP contribution in [0.1, 0.15) is 12.5 Å². The summed E-state index contributed by atoms with van der Waals surface area (Å²) in [5, 5.41) is -0.275. The van der Waals surface area contributed by atoms with E-state index >= 15 is 0 Å². The van der Waals surface area contributed by atoms with Crippen LogP contribution in [0, 0.1) is 0 Å². The van der Waals surface area contributed by atoms with Crippen molar-refractivity contribution in [3.8, 4) is 11.5 Å². The Bertz CT molecular complexity index is 630. The highest BCUT2D eigenvalue weighted by molar-refractivity contribution is 9.10. The van der Waals surface area contributed by atoms with Gasteiger partial charge in [0.05, 0.1) is 23.1 Å². The molecule has 7 heteroatoms. The van der Waals surface area contributed by atoms with E-state index in [1.54, 1.807) is 19.3 Å². The molecule has 1 aromatic carbocycles. The number of thioether (sulfide) groups is 1. The predicted molar refractivity (Wildman–Crippen MR) is 85.6 cm³/mol. The molecular weight excluding hydrogens is 358 g/mol. The van der Waals surface area contributed by atoms with E-state index in [2.05, 4.69) is 15.9 Å². The van der Waals surface area contributed by atoms with Crippen molar-refractivity contribution in [2.45, 2.75) is 6.92 Å². The Morgan fingerprint density at radius 2 is 2.10 bits per heavy atom. The van der Waals surface area contributed by atoms with Crippen LogP contribution in [0.3, 0.4) is 0 Å². The number of carbonyl (C=O) groups is 2. The van der Waals surface area contributed by atoms with Gasteiger partial charge in [-0.2, -0.15) is 0 Å².